The molecule has 0 saturated heterocycles. The molecule has 0 unspecified atom stereocenters. The Morgan fingerprint density at radius 2 is 1.67 bits per heavy atom. The van der Waals surface area contributed by atoms with E-state index in [1.54, 1.807) is 6.20 Å². The molecular formula is C23H19N3O. The van der Waals surface area contributed by atoms with Crippen LogP contribution in [0.15, 0.2) is 79.0 Å². The fraction of sp³-hybridized carbons (Fsp3) is 0.0870. The second kappa shape index (κ2) is 7.38. The summed E-state index contributed by atoms with van der Waals surface area (Å²) < 4.78 is 0. The van der Waals surface area contributed by atoms with Crippen molar-refractivity contribution in [2.45, 2.75) is 13.3 Å². The van der Waals surface area contributed by atoms with Crippen LogP contribution in [0.3, 0.4) is 0 Å². The molecule has 27 heavy (non-hydrogen) atoms. The maximum Gasteiger partial charge on any atom is 0.259 e. The monoisotopic (exact) mass is 353 g/mol. The third-order valence-electron chi connectivity index (χ3n) is 4.52. The second-order valence-electron chi connectivity index (χ2n) is 6.43. The van der Waals surface area contributed by atoms with Gasteiger partial charge < -0.3 is 5.32 Å². The fourth-order valence-corrected chi connectivity index (χ4v) is 3.13. The van der Waals surface area contributed by atoms with Gasteiger partial charge in [-0.25, -0.2) is 9.97 Å². The van der Waals surface area contributed by atoms with Gasteiger partial charge in [-0.1, -0.05) is 66.7 Å². The van der Waals surface area contributed by atoms with Crippen molar-refractivity contribution in [1.29, 1.82) is 0 Å². The Hall–Kier alpha value is -3.53. The summed E-state index contributed by atoms with van der Waals surface area (Å²) in [7, 11) is 0. The zero-order valence-electron chi connectivity index (χ0n) is 15.0. The summed E-state index contributed by atoms with van der Waals surface area (Å²) in [5, 5.41) is 5.08. The summed E-state index contributed by atoms with van der Waals surface area (Å²) in [6.07, 6.45) is 2.26. The van der Waals surface area contributed by atoms with E-state index in [2.05, 4.69) is 15.3 Å². The van der Waals surface area contributed by atoms with Gasteiger partial charge in [0.1, 0.15) is 5.82 Å². The van der Waals surface area contributed by atoms with Crippen LogP contribution in [0.5, 0.6) is 0 Å². The van der Waals surface area contributed by atoms with Gasteiger partial charge in [0.15, 0.2) is 0 Å². The van der Waals surface area contributed by atoms with Gasteiger partial charge in [0.25, 0.3) is 5.91 Å². The van der Waals surface area contributed by atoms with Crippen LogP contribution in [0.25, 0.3) is 10.8 Å². The molecule has 0 atom stereocenters. The Morgan fingerprint density at radius 1 is 0.926 bits per heavy atom. The minimum Gasteiger partial charge on any atom is -0.321 e. The molecule has 1 aromatic heterocycles. The van der Waals surface area contributed by atoms with E-state index in [1.807, 2.05) is 79.7 Å². The number of aromatic nitrogens is 2. The predicted molar refractivity (Wildman–Crippen MR) is 108 cm³/mol. The highest BCUT2D eigenvalue weighted by molar-refractivity contribution is 6.09. The quantitative estimate of drug-likeness (QED) is 0.574. The molecule has 1 heterocycles. The smallest absolute Gasteiger partial charge is 0.259 e. The molecule has 4 rings (SSSR count). The van der Waals surface area contributed by atoms with E-state index in [4.69, 9.17) is 0 Å². The molecule has 3 aromatic carbocycles. The number of nitrogens with one attached hydrogen (secondary N) is 1. The van der Waals surface area contributed by atoms with Gasteiger partial charge in [-0.2, -0.15) is 0 Å². The molecule has 0 aliphatic heterocycles. The van der Waals surface area contributed by atoms with Crippen LogP contribution in [0.2, 0.25) is 0 Å². The van der Waals surface area contributed by atoms with E-state index >= 15 is 0 Å². The van der Waals surface area contributed by atoms with Gasteiger partial charge in [0.05, 0.1) is 11.3 Å². The Kier molecular flexibility index (Phi) is 4.62. The van der Waals surface area contributed by atoms with Crippen molar-refractivity contribution in [2.75, 3.05) is 5.32 Å². The standard InChI is InChI=1S/C23H19N3O/c1-16-20(15-24-22(25-16)14-17-8-3-2-4-9-17)23(27)26-21-13-7-11-18-10-5-6-12-19(18)21/h2-13,15H,14H2,1H3,(H,26,27). The van der Waals surface area contributed by atoms with Gasteiger partial charge in [-0.15, -0.1) is 0 Å². The predicted octanol–water partition coefficient (Wildman–Crippen LogP) is 4.78. The average molecular weight is 353 g/mol. The zero-order valence-corrected chi connectivity index (χ0v) is 15.0. The minimum absolute atomic E-state index is 0.199. The van der Waals surface area contributed by atoms with E-state index in [-0.39, 0.29) is 5.91 Å². The Balaban J connectivity index is 1.57. The number of anilines is 1. The SMILES string of the molecule is Cc1nc(Cc2ccccc2)ncc1C(=O)Nc1cccc2ccccc12. The first-order valence-corrected chi connectivity index (χ1v) is 8.86. The molecule has 0 bridgehead atoms. The zero-order chi connectivity index (χ0) is 18.6. The summed E-state index contributed by atoms with van der Waals surface area (Å²) >= 11 is 0. The van der Waals surface area contributed by atoms with Crippen LogP contribution in [0, 0.1) is 6.92 Å². The van der Waals surface area contributed by atoms with Crippen LogP contribution < -0.4 is 5.32 Å². The van der Waals surface area contributed by atoms with Crippen LogP contribution in [-0.2, 0) is 6.42 Å². The van der Waals surface area contributed by atoms with Crippen molar-refractivity contribution in [3.63, 3.8) is 0 Å². The first-order valence-electron chi connectivity index (χ1n) is 8.86. The van der Waals surface area contributed by atoms with Crippen LogP contribution >= 0.6 is 0 Å². The molecule has 4 aromatic rings. The molecule has 0 aliphatic carbocycles. The number of hydrogen-bond acceptors (Lipinski definition) is 3. The second-order valence-corrected chi connectivity index (χ2v) is 6.43. The average Bonchev–Trinajstić information content (AvgIpc) is 2.69. The molecule has 132 valence electrons. The Morgan fingerprint density at radius 3 is 2.48 bits per heavy atom. The van der Waals surface area contributed by atoms with E-state index in [9.17, 15) is 4.79 Å². The molecule has 0 aliphatic rings. The summed E-state index contributed by atoms with van der Waals surface area (Å²) in [5.74, 6) is 0.510. The largest absolute Gasteiger partial charge is 0.321 e. The van der Waals surface area contributed by atoms with Crippen LogP contribution in [0.1, 0.15) is 27.4 Å². The lowest BCUT2D eigenvalue weighted by molar-refractivity contribution is 0.102. The molecular weight excluding hydrogens is 334 g/mol. The molecule has 4 heteroatoms. The number of nitrogens with zero attached hydrogens (tertiary/aromatic N) is 2. The maximum atomic E-state index is 12.8. The van der Waals surface area contributed by atoms with Crippen molar-refractivity contribution in [1.82, 2.24) is 9.97 Å². The van der Waals surface area contributed by atoms with Gasteiger partial charge in [-0.05, 0) is 23.9 Å². The lowest BCUT2D eigenvalue weighted by atomic mass is 10.1. The van der Waals surface area contributed by atoms with Gasteiger partial charge >= 0.3 is 0 Å². The first kappa shape index (κ1) is 16.9. The third kappa shape index (κ3) is 3.70. The Labute approximate surface area is 157 Å². The summed E-state index contributed by atoms with van der Waals surface area (Å²) in [6, 6.07) is 23.9. The van der Waals surface area contributed by atoms with Crippen molar-refractivity contribution >= 4 is 22.4 Å². The lowest BCUT2D eigenvalue weighted by Gasteiger charge is -2.10. The number of benzene rings is 3. The topological polar surface area (TPSA) is 54.9 Å². The molecule has 1 N–H and O–H groups in total. The molecule has 0 saturated carbocycles. The van der Waals surface area contributed by atoms with E-state index in [0.717, 1.165) is 22.0 Å². The molecule has 4 nitrogen and oxygen atoms in total. The highest BCUT2D eigenvalue weighted by Gasteiger charge is 2.13. The number of hydrogen-bond donors (Lipinski definition) is 1. The number of amides is 1. The summed E-state index contributed by atoms with van der Waals surface area (Å²) in [6.45, 7) is 1.84. The molecule has 0 spiro atoms. The first-order chi connectivity index (χ1) is 13.2. The Bertz CT molecular complexity index is 1100. The fourth-order valence-electron chi connectivity index (χ4n) is 3.13. The van der Waals surface area contributed by atoms with Crippen LogP contribution in [-0.4, -0.2) is 15.9 Å². The highest BCUT2D eigenvalue weighted by Crippen LogP contribution is 2.23. The minimum atomic E-state index is -0.199. The van der Waals surface area contributed by atoms with Crippen molar-refractivity contribution in [3.05, 3.63) is 102 Å². The van der Waals surface area contributed by atoms with E-state index in [0.29, 0.717) is 23.5 Å². The number of carbonyl (C=O) groups is 1. The van der Waals surface area contributed by atoms with Crippen molar-refractivity contribution in [2.24, 2.45) is 0 Å². The van der Waals surface area contributed by atoms with Crippen molar-refractivity contribution in [3.8, 4) is 0 Å². The van der Waals surface area contributed by atoms with Crippen LogP contribution in [0.4, 0.5) is 5.69 Å². The van der Waals surface area contributed by atoms with E-state index < -0.39 is 0 Å². The summed E-state index contributed by atoms with van der Waals surface area (Å²) in [5.41, 5.74) is 3.09. The molecule has 1 amide bonds. The molecule has 0 radical (unpaired) electrons. The van der Waals surface area contributed by atoms with Gasteiger partial charge in [-0.3, -0.25) is 4.79 Å². The third-order valence-corrected chi connectivity index (χ3v) is 4.52. The van der Waals surface area contributed by atoms with Gasteiger partial charge in [0.2, 0.25) is 0 Å². The summed E-state index contributed by atoms with van der Waals surface area (Å²) in [4.78, 5) is 21.7. The molecule has 0 fully saturated rings. The van der Waals surface area contributed by atoms with Gasteiger partial charge in [0, 0.05) is 23.7 Å². The van der Waals surface area contributed by atoms with E-state index in [1.165, 1.54) is 0 Å². The highest BCUT2D eigenvalue weighted by atomic mass is 16.1. The lowest BCUT2D eigenvalue weighted by Crippen LogP contribution is -2.15. The normalized spacial score (nSPS) is 10.7. The number of fused-ring (bicyclic) bond motifs is 1. The number of carbonyl (C=O) groups excluding carboxylic acids is 1. The number of rotatable bonds is 4. The van der Waals surface area contributed by atoms with Crippen molar-refractivity contribution < 1.29 is 4.79 Å². The maximum absolute atomic E-state index is 12.8. The number of aryl methyl sites for hydroxylation is 1.